The van der Waals surface area contributed by atoms with E-state index in [4.69, 9.17) is 14.8 Å². The number of carbonyl (C=O) groups excluding carboxylic acids is 2. The number of hydroxylamine groups is 2. The summed E-state index contributed by atoms with van der Waals surface area (Å²) in [5.74, 6) is 2.02. The molecule has 11 nitrogen and oxygen atoms in total. The van der Waals surface area contributed by atoms with E-state index in [9.17, 15) is 9.59 Å². The Hall–Kier alpha value is -3.25. The molecule has 2 unspecified atom stereocenters. The molecular weight excluding hydrogens is 504 g/mol. The Balaban J connectivity index is 1.28. The zero-order chi connectivity index (χ0) is 26.9. The van der Waals surface area contributed by atoms with Gasteiger partial charge in [-0.25, -0.2) is 4.98 Å². The molecule has 3 aromatic heterocycles. The van der Waals surface area contributed by atoms with Crippen LogP contribution in [0.25, 0.3) is 10.2 Å². The number of fused-ring (bicyclic) bond motifs is 3. The fourth-order valence-corrected chi connectivity index (χ4v) is 6.42. The summed E-state index contributed by atoms with van der Waals surface area (Å²) in [5, 5.41) is 18.6. The molecule has 2 fully saturated rings. The Morgan fingerprint density at radius 3 is 2.71 bits per heavy atom. The van der Waals surface area contributed by atoms with Gasteiger partial charge in [0.25, 0.3) is 0 Å². The van der Waals surface area contributed by atoms with Crippen LogP contribution in [0.1, 0.15) is 58.6 Å². The second kappa shape index (κ2) is 10.9. The van der Waals surface area contributed by atoms with Gasteiger partial charge in [-0.15, -0.1) is 16.4 Å². The van der Waals surface area contributed by atoms with Gasteiger partial charge in [0.2, 0.25) is 11.9 Å². The monoisotopic (exact) mass is 540 g/mol. The van der Waals surface area contributed by atoms with Crippen molar-refractivity contribution < 1.29 is 14.4 Å². The van der Waals surface area contributed by atoms with Crippen molar-refractivity contribution in [1.29, 1.82) is 0 Å². The zero-order valence-electron chi connectivity index (χ0n) is 22.4. The van der Waals surface area contributed by atoms with E-state index in [0.29, 0.717) is 30.6 Å². The minimum absolute atomic E-state index is 0.0151. The minimum Gasteiger partial charge on any atom is -0.370 e. The number of piperidine rings is 2. The Kier molecular flexibility index (Phi) is 7.53. The first kappa shape index (κ1) is 26.4. The maximum absolute atomic E-state index is 13.4. The highest BCUT2D eigenvalue weighted by Crippen LogP contribution is 2.36. The van der Waals surface area contributed by atoms with Crippen molar-refractivity contribution >= 4 is 51.5 Å². The largest absolute Gasteiger partial charge is 0.370 e. The minimum atomic E-state index is -0.108. The van der Waals surface area contributed by atoms with Gasteiger partial charge in [0.15, 0.2) is 5.82 Å². The molecule has 1 amide bonds. The first-order chi connectivity index (χ1) is 18.2. The third kappa shape index (κ3) is 6.07. The summed E-state index contributed by atoms with van der Waals surface area (Å²) in [6.45, 7) is 9.07. The van der Waals surface area contributed by atoms with E-state index >= 15 is 0 Å². The zero-order valence-corrected chi connectivity index (χ0v) is 23.2. The maximum atomic E-state index is 13.4. The Bertz CT molecular complexity index is 1270. The lowest BCUT2D eigenvalue weighted by Crippen LogP contribution is -2.59. The molecule has 0 saturated carbocycles. The quantitative estimate of drug-likeness (QED) is 0.270. The van der Waals surface area contributed by atoms with Crippen molar-refractivity contribution in [3.05, 3.63) is 23.2 Å². The Morgan fingerprint density at radius 2 is 2.05 bits per heavy atom. The number of aryl methyl sites for hydroxylation is 1. The van der Waals surface area contributed by atoms with Crippen LogP contribution in [-0.2, 0) is 14.4 Å². The third-order valence-electron chi connectivity index (χ3n) is 7.03. The molecule has 3 N–H and O–H groups in total. The SMILES string of the molecule is Cc1cc(Nc2nc(NC3CC4CCCC(C3)N4C(=O)CN(CC(C)(C)C)OC=O)nc3sccc23)n[nH]1. The van der Waals surface area contributed by atoms with Crippen LogP contribution >= 0.6 is 11.3 Å². The number of rotatable bonds is 9. The number of anilines is 3. The number of nitrogens with zero attached hydrogens (tertiary/aromatic N) is 5. The van der Waals surface area contributed by atoms with E-state index in [0.717, 1.165) is 48.0 Å². The number of hydrogen-bond donors (Lipinski definition) is 3. The number of nitrogens with one attached hydrogen (secondary N) is 3. The number of H-pyrrole nitrogens is 1. The topological polar surface area (TPSA) is 128 Å². The van der Waals surface area contributed by atoms with Crippen LogP contribution in [0.2, 0.25) is 0 Å². The maximum Gasteiger partial charge on any atom is 0.313 e. The molecule has 2 aliphatic heterocycles. The lowest BCUT2D eigenvalue weighted by molar-refractivity contribution is -0.185. The number of aromatic nitrogens is 4. The van der Waals surface area contributed by atoms with Gasteiger partial charge in [-0.2, -0.15) is 10.1 Å². The molecule has 38 heavy (non-hydrogen) atoms. The summed E-state index contributed by atoms with van der Waals surface area (Å²) < 4.78 is 0. The van der Waals surface area contributed by atoms with Crippen molar-refractivity contribution in [2.45, 2.75) is 77.9 Å². The van der Waals surface area contributed by atoms with Crippen LogP contribution in [0.15, 0.2) is 17.5 Å². The lowest BCUT2D eigenvalue weighted by atomic mass is 9.81. The third-order valence-corrected chi connectivity index (χ3v) is 7.83. The van der Waals surface area contributed by atoms with Gasteiger partial charge in [0.05, 0.1) is 5.39 Å². The van der Waals surface area contributed by atoms with Gasteiger partial charge in [-0.1, -0.05) is 20.8 Å². The second-order valence-corrected chi connectivity index (χ2v) is 12.4. The molecule has 5 rings (SSSR count). The molecule has 5 heterocycles. The summed E-state index contributed by atoms with van der Waals surface area (Å²) in [6, 6.07) is 4.37. The predicted octanol–water partition coefficient (Wildman–Crippen LogP) is 4.23. The molecular formula is C26H36N8O3S. The van der Waals surface area contributed by atoms with Crippen molar-refractivity contribution in [2.75, 3.05) is 23.7 Å². The van der Waals surface area contributed by atoms with Crippen molar-refractivity contribution in [3.63, 3.8) is 0 Å². The smallest absolute Gasteiger partial charge is 0.313 e. The summed E-state index contributed by atoms with van der Waals surface area (Å²) in [7, 11) is 0. The number of aromatic amines is 1. The van der Waals surface area contributed by atoms with E-state index in [1.807, 2.05) is 29.3 Å². The van der Waals surface area contributed by atoms with Crippen molar-refractivity contribution in [2.24, 2.45) is 5.41 Å². The van der Waals surface area contributed by atoms with E-state index in [-0.39, 0.29) is 36.0 Å². The first-order valence-electron chi connectivity index (χ1n) is 13.2. The highest BCUT2D eigenvalue weighted by Gasteiger charge is 2.41. The number of thiophene rings is 1. The molecule has 2 saturated heterocycles. The molecule has 2 aliphatic rings. The van der Waals surface area contributed by atoms with Gasteiger partial charge < -0.3 is 20.4 Å². The van der Waals surface area contributed by atoms with Crippen LogP contribution in [0.4, 0.5) is 17.6 Å². The van der Waals surface area contributed by atoms with Gasteiger partial charge >= 0.3 is 6.47 Å². The highest BCUT2D eigenvalue weighted by molar-refractivity contribution is 7.16. The number of hydrogen-bond acceptors (Lipinski definition) is 10. The summed E-state index contributed by atoms with van der Waals surface area (Å²) in [5.41, 5.74) is 0.859. The molecule has 12 heteroatoms. The number of carbonyl (C=O) groups is 2. The summed E-state index contributed by atoms with van der Waals surface area (Å²) in [6.07, 6.45) is 4.68. The van der Waals surface area contributed by atoms with E-state index in [2.05, 4.69) is 41.6 Å². The van der Waals surface area contributed by atoms with E-state index in [1.54, 1.807) is 11.3 Å². The molecule has 0 spiro atoms. The van der Waals surface area contributed by atoms with Crippen LogP contribution in [0.3, 0.4) is 0 Å². The van der Waals surface area contributed by atoms with Crippen LogP contribution in [0.5, 0.6) is 0 Å². The van der Waals surface area contributed by atoms with Crippen molar-refractivity contribution in [1.82, 2.24) is 30.1 Å². The standard InChI is InChI=1S/C26H36N8O3S/c1-16-10-21(32-31-16)28-23-20-8-9-38-24(20)30-25(29-23)27-17-11-18-6-5-7-19(12-17)34(18)22(36)13-33(37-15-35)14-26(2,3)4/h8-10,15,17-19H,5-7,11-14H2,1-4H3,(H3,27,28,29,30,31,32). The summed E-state index contributed by atoms with van der Waals surface area (Å²) >= 11 is 1.57. The lowest BCUT2D eigenvalue weighted by Gasteiger charge is -2.49. The normalized spacial score (nSPS) is 21.5. The Morgan fingerprint density at radius 1 is 1.29 bits per heavy atom. The van der Waals surface area contributed by atoms with E-state index in [1.165, 1.54) is 5.06 Å². The van der Waals surface area contributed by atoms with Crippen LogP contribution in [0, 0.1) is 12.3 Å². The first-order valence-corrected chi connectivity index (χ1v) is 14.0. The highest BCUT2D eigenvalue weighted by atomic mass is 32.1. The molecule has 204 valence electrons. The second-order valence-electron chi connectivity index (χ2n) is 11.5. The molecule has 0 radical (unpaired) electrons. The number of amides is 1. The van der Waals surface area contributed by atoms with Gasteiger partial charge in [0.1, 0.15) is 17.2 Å². The average Bonchev–Trinajstić information content (AvgIpc) is 3.46. The molecule has 0 aromatic carbocycles. The molecule has 2 bridgehead atoms. The van der Waals surface area contributed by atoms with Gasteiger partial charge in [0, 0.05) is 36.4 Å². The Labute approximate surface area is 226 Å². The molecule has 0 aliphatic carbocycles. The predicted molar refractivity (Wildman–Crippen MR) is 147 cm³/mol. The van der Waals surface area contributed by atoms with Crippen molar-refractivity contribution in [3.8, 4) is 0 Å². The molecule has 2 atom stereocenters. The van der Waals surface area contributed by atoms with Gasteiger partial charge in [-0.05, 0) is 55.9 Å². The fourth-order valence-electron chi connectivity index (χ4n) is 5.66. The van der Waals surface area contributed by atoms with Crippen LogP contribution < -0.4 is 10.6 Å². The van der Waals surface area contributed by atoms with Gasteiger partial charge in [-0.3, -0.25) is 14.7 Å². The fraction of sp³-hybridized carbons (Fsp3) is 0.577. The van der Waals surface area contributed by atoms with E-state index < -0.39 is 0 Å². The molecule has 3 aromatic rings. The van der Waals surface area contributed by atoms with Crippen LogP contribution in [-0.4, -0.2) is 73.7 Å². The summed E-state index contributed by atoms with van der Waals surface area (Å²) in [4.78, 5) is 42.1. The average molecular weight is 541 g/mol.